The Hall–Kier alpha value is -1.35. The lowest BCUT2D eigenvalue weighted by atomic mass is 10.1. The molecule has 0 bridgehead atoms. The van der Waals surface area contributed by atoms with Crippen molar-refractivity contribution in [2.24, 2.45) is 0 Å². The highest BCUT2D eigenvalue weighted by molar-refractivity contribution is 5.96. The molecule has 0 saturated heterocycles. The molecule has 14 heavy (non-hydrogen) atoms. The predicted octanol–water partition coefficient (Wildman–Crippen LogP) is 1.88. The molecule has 0 radical (unpaired) electrons. The normalized spacial score (nSPS) is 10.1. The maximum absolute atomic E-state index is 11.5. The Morgan fingerprint density at radius 2 is 2.00 bits per heavy atom. The molecule has 0 atom stereocenters. The maximum Gasteiger partial charge on any atom is 0.162 e. The summed E-state index contributed by atoms with van der Waals surface area (Å²) in [5.74, 6) is 0.141. The van der Waals surface area contributed by atoms with Gasteiger partial charge >= 0.3 is 0 Å². The van der Waals surface area contributed by atoms with Crippen molar-refractivity contribution in [3.8, 4) is 0 Å². The van der Waals surface area contributed by atoms with E-state index >= 15 is 0 Å². The quantitative estimate of drug-likeness (QED) is 0.441. The Labute approximate surface area is 83.9 Å². The van der Waals surface area contributed by atoms with E-state index in [-0.39, 0.29) is 5.78 Å². The highest BCUT2D eigenvalue weighted by atomic mass is 16.5. The van der Waals surface area contributed by atoms with Crippen molar-refractivity contribution >= 4 is 11.5 Å². The van der Waals surface area contributed by atoms with Crippen LogP contribution in [0.25, 0.3) is 0 Å². The summed E-state index contributed by atoms with van der Waals surface area (Å²) >= 11 is 0. The molecule has 0 amide bonds. The van der Waals surface area contributed by atoms with E-state index in [1.807, 2.05) is 0 Å². The lowest BCUT2D eigenvalue weighted by Gasteiger charge is -2.01. The Kier molecular flexibility index (Phi) is 4.13. The smallest absolute Gasteiger partial charge is 0.162 e. The van der Waals surface area contributed by atoms with Crippen molar-refractivity contribution in [3.05, 3.63) is 29.8 Å². The average molecular weight is 193 g/mol. The number of carbonyl (C=O) groups is 1. The first-order chi connectivity index (χ1) is 6.74. The van der Waals surface area contributed by atoms with Gasteiger partial charge in [-0.3, -0.25) is 4.79 Å². The van der Waals surface area contributed by atoms with Crippen LogP contribution >= 0.6 is 0 Å². The molecule has 3 heteroatoms. The Bertz CT molecular complexity index is 293. The van der Waals surface area contributed by atoms with Gasteiger partial charge in [0, 0.05) is 31.4 Å². The molecule has 0 aliphatic heterocycles. The van der Waals surface area contributed by atoms with Crippen LogP contribution in [0.4, 0.5) is 5.69 Å². The van der Waals surface area contributed by atoms with Crippen LogP contribution < -0.4 is 5.73 Å². The summed E-state index contributed by atoms with van der Waals surface area (Å²) in [6, 6.07) is 6.99. The fourth-order valence-corrected chi connectivity index (χ4v) is 1.19. The number of hydrogen-bond donors (Lipinski definition) is 1. The van der Waals surface area contributed by atoms with Crippen molar-refractivity contribution in [1.29, 1.82) is 0 Å². The number of anilines is 1. The number of hydrogen-bond acceptors (Lipinski definition) is 3. The molecular formula is C11H15NO2. The van der Waals surface area contributed by atoms with Crippen molar-refractivity contribution in [1.82, 2.24) is 0 Å². The standard InChI is InChI=1S/C11H15NO2/c1-14-8-2-3-11(13)9-4-6-10(12)7-5-9/h4-7H,2-3,8,12H2,1H3. The molecule has 2 N–H and O–H groups in total. The summed E-state index contributed by atoms with van der Waals surface area (Å²) in [6.07, 6.45) is 1.29. The van der Waals surface area contributed by atoms with Gasteiger partial charge in [-0.2, -0.15) is 0 Å². The summed E-state index contributed by atoms with van der Waals surface area (Å²) in [6.45, 7) is 0.626. The topological polar surface area (TPSA) is 52.3 Å². The van der Waals surface area contributed by atoms with Crippen LogP contribution in [0.2, 0.25) is 0 Å². The maximum atomic E-state index is 11.5. The SMILES string of the molecule is COCCCC(=O)c1ccc(N)cc1. The van der Waals surface area contributed by atoms with Crippen LogP contribution in [-0.4, -0.2) is 19.5 Å². The molecule has 1 aromatic rings. The number of carbonyl (C=O) groups excluding carboxylic acids is 1. The van der Waals surface area contributed by atoms with Crippen LogP contribution in [0, 0.1) is 0 Å². The minimum atomic E-state index is 0.141. The Balaban J connectivity index is 2.48. The summed E-state index contributed by atoms with van der Waals surface area (Å²) < 4.78 is 4.87. The van der Waals surface area contributed by atoms with Gasteiger partial charge in [0.15, 0.2) is 5.78 Å². The van der Waals surface area contributed by atoms with Gasteiger partial charge in [-0.25, -0.2) is 0 Å². The third-order valence-electron chi connectivity index (χ3n) is 1.98. The van der Waals surface area contributed by atoms with E-state index in [0.717, 1.165) is 12.0 Å². The van der Waals surface area contributed by atoms with Crippen LogP contribution in [0.5, 0.6) is 0 Å². The van der Waals surface area contributed by atoms with E-state index in [1.165, 1.54) is 0 Å². The van der Waals surface area contributed by atoms with Crippen molar-refractivity contribution in [2.75, 3.05) is 19.5 Å². The second kappa shape index (κ2) is 5.40. The number of nitrogens with two attached hydrogens (primary N) is 1. The largest absolute Gasteiger partial charge is 0.399 e. The highest BCUT2D eigenvalue weighted by Crippen LogP contribution is 2.08. The third-order valence-corrected chi connectivity index (χ3v) is 1.98. The predicted molar refractivity (Wildman–Crippen MR) is 56.3 cm³/mol. The number of ketones is 1. The van der Waals surface area contributed by atoms with Gasteiger partial charge in [0.25, 0.3) is 0 Å². The number of Topliss-reactive ketones (excluding diaryl/α,β-unsaturated/α-hetero) is 1. The summed E-state index contributed by atoms with van der Waals surface area (Å²) in [5.41, 5.74) is 6.91. The minimum Gasteiger partial charge on any atom is -0.399 e. The average Bonchev–Trinajstić information content (AvgIpc) is 2.19. The second-order valence-electron chi connectivity index (χ2n) is 3.14. The first-order valence-electron chi connectivity index (χ1n) is 4.61. The van der Waals surface area contributed by atoms with Gasteiger partial charge in [-0.05, 0) is 30.7 Å². The van der Waals surface area contributed by atoms with Crippen molar-refractivity contribution in [2.45, 2.75) is 12.8 Å². The molecule has 0 aliphatic rings. The number of rotatable bonds is 5. The molecule has 0 spiro atoms. The summed E-state index contributed by atoms with van der Waals surface area (Å²) in [5, 5.41) is 0. The molecule has 1 rings (SSSR count). The molecular weight excluding hydrogens is 178 g/mol. The lowest BCUT2D eigenvalue weighted by Crippen LogP contribution is -2.01. The molecule has 0 aromatic heterocycles. The third kappa shape index (κ3) is 3.18. The fraction of sp³-hybridized carbons (Fsp3) is 0.364. The Morgan fingerprint density at radius 1 is 1.36 bits per heavy atom. The summed E-state index contributed by atoms with van der Waals surface area (Å²) in [4.78, 5) is 11.5. The molecule has 0 unspecified atom stereocenters. The zero-order valence-electron chi connectivity index (χ0n) is 8.32. The first kappa shape index (κ1) is 10.7. The first-order valence-corrected chi connectivity index (χ1v) is 4.61. The molecule has 0 heterocycles. The van der Waals surface area contributed by atoms with E-state index < -0.39 is 0 Å². The van der Waals surface area contributed by atoms with E-state index in [0.29, 0.717) is 18.7 Å². The number of nitrogen functional groups attached to an aromatic ring is 1. The molecule has 0 fully saturated rings. The second-order valence-corrected chi connectivity index (χ2v) is 3.14. The van der Waals surface area contributed by atoms with Crippen LogP contribution in [0.15, 0.2) is 24.3 Å². The fourth-order valence-electron chi connectivity index (χ4n) is 1.19. The van der Waals surface area contributed by atoms with Gasteiger partial charge in [0.05, 0.1) is 0 Å². The van der Waals surface area contributed by atoms with Crippen molar-refractivity contribution in [3.63, 3.8) is 0 Å². The molecule has 3 nitrogen and oxygen atoms in total. The zero-order valence-corrected chi connectivity index (χ0v) is 8.32. The molecule has 0 aliphatic carbocycles. The Morgan fingerprint density at radius 3 is 2.57 bits per heavy atom. The van der Waals surface area contributed by atoms with Crippen LogP contribution in [-0.2, 0) is 4.74 Å². The van der Waals surface area contributed by atoms with E-state index in [2.05, 4.69) is 0 Å². The number of ether oxygens (including phenoxy) is 1. The summed E-state index contributed by atoms with van der Waals surface area (Å²) in [7, 11) is 1.63. The number of methoxy groups -OCH3 is 1. The van der Waals surface area contributed by atoms with Gasteiger partial charge in [0.1, 0.15) is 0 Å². The van der Waals surface area contributed by atoms with Gasteiger partial charge < -0.3 is 10.5 Å². The highest BCUT2D eigenvalue weighted by Gasteiger charge is 2.04. The molecule has 1 aromatic carbocycles. The van der Waals surface area contributed by atoms with E-state index in [1.54, 1.807) is 31.4 Å². The monoisotopic (exact) mass is 193 g/mol. The number of benzene rings is 1. The van der Waals surface area contributed by atoms with Gasteiger partial charge in [-0.1, -0.05) is 0 Å². The lowest BCUT2D eigenvalue weighted by molar-refractivity contribution is 0.0963. The van der Waals surface area contributed by atoms with Crippen LogP contribution in [0.1, 0.15) is 23.2 Å². The van der Waals surface area contributed by atoms with Crippen LogP contribution in [0.3, 0.4) is 0 Å². The minimum absolute atomic E-state index is 0.141. The van der Waals surface area contributed by atoms with Crippen molar-refractivity contribution < 1.29 is 9.53 Å². The van der Waals surface area contributed by atoms with E-state index in [4.69, 9.17) is 10.5 Å². The van der Waals surface area contributed by atoms with Gasteiger partial charge in [0.2, 0.25) is 0 Å². The van der Waals surface area contributed by atoms with Gasteiger partial charge in [-0.15, -0.1) is 0 Å². The molecule has 76 valence electrons. The molecule has 0 saturated carbocycles. The zero-order chi connectivity index (χ0) is 10.4. The van der Waals surface area contributed by atoms with E-state index in [9.17, 15) is 4.79 Å².